The number of epoxide rings is 1. The predicted molar refractivity (Wildman–Crippen MR) is 91.2 cm³/mol. The highest BCUT2D eigenvalue weighted by molar-refractivity contribution is 5.80. The number of amides is 1. The largest absolute Gasteiger partial charge is 0.366 e. The highest BCUT2D eigenvalue weighted by Crippen LogP contribution is 2.53. The molecule has 2 aliphatic heterocycles. The summed E-state index contributed by atoms with van der Waals surface area (Å²) in [6.07, 6.45) is 8.12. The van der Waals surface area contributed by atoms with Crippen LogP contribution in [0.4, 0.5) is 0 Å². The van der Waals surface area contributed by atoms with Crippen molar-refractivity contribution in [2.75, 3.05) is 0 Å². The van der Waals surface area contributed by atoms with E-state index in [1.54, 1.807) is 0 Å². The van der Waals surface area contributed by atoms with Gasteiger partial charge in [0, 0.05) is 30.7 Å². The van der Waals surface area contributed by atoms with Crippen LogP contribution in [0.5, 0.6) is 0 Å². The molecule has 0 aromatic carbocycles. The highest BCUT2D eigenvalue weighted by Gasteiger charge is 2.62. The fraction of sp³-hybridized carbons (Fsp3) is 0.895. The summed E-state index contributed by atoms with van der Waals surface area (Å²) in [6, 6.07) is 0.0496. The number of nitrogens with one attached hydrogen (secondary N) is 1. The van der Waals surface area contributed by atoms with Crippen molar-refractivity contribution in [3.05, 3.63) is 0 Å². The van der Waals surface area contributed by atoms with Crippen molar-refractivity contribution < 1.29 is 14.3 Å². The molecule has 0 bridgehead atoms. The van der Waals surface area contributed by atoms with Crippen molar-refractivity contribution in [3.63, 3.8) is 0 Å². The van der Waals surface area contributed by atoms with E-state index in [9.17, 15) is 9.59 Å². The van der Waals surface area contributed by atoms with Gasteiger partial charge in [0.05, 0.1) is 11.7 Å². The van der Waals surface area contributed by atoms with Crippen molar-refractivity contribution >= 4 is 11.7 Å². The van der Waals surface area contributed by atoms with Crippen LogP contribution >= 0.6 is 0 Å². The molecule has 0 aromatic heterocycles. The highest BCUT2D eigenvalue weighted by atomic mass is 16.6. The number of hydrogen-bond donors (Lipinski definition) is 1. The Kier molecular flexibility index (Phi) is 5.88. The standard InChI is InChI=1S/C19H33NO3/c1-14-18(2,3)19(4)16(23-19)12-8-6-5-7-10-15(21)11-9-13-17(22)20-14/h14,16H,5-13H2,1-4H3,(H,20,22). The molecule has 0 saturated carbocycles. The number of fused-ring (bicyclic) bond motifs is 1. The zero-order valence-corrected chi connectivity index (χ0v) is 15.2. The Morgan fingerprint density at radius 1 is 0.957 bits per heavy atom. The number of ether oxygens (including phenoxy) is 1. The lowest BCUT2D eigenvalue weighted by Crippen LogP contribution is -2.50. The van der Waals surface area contributed by atoms with Crippen LogP contribution in [0.2, 0.25) is 0 Å². The summed E-state index contributed by atoms with van der Waals surface area (Å²) in [5.41, 5.74) is -0.257. The normalized spacial score (nSPS) is 36.9. The minimum Gasteiger partial charge on any atom is -0.366 e. The fourth-order valence-electron chi connectivity index (χ4n) is 3.66. The van der Waals surface area contributed by atoms with Crippen LogP contribution in [0.15, 0.2) is 0 Å². The molecule has 2 fully saturated rings. The first-order chi connectivity index (χ1) is 10.8. The molecule has 3 atom stereocenters. The first kappa shape index (κ1) is 18.4. The molecular formula is C19H33NO3. The molecule has 23 heavy (non-hydrogen) atoms. The Balaban J connectivity index is 1.99. The average Bonchev–Trinajstić information content (AvgIpc) is 3.14. The average molecular weight is 323 g/mol. The first-order valence-electron chi connectivity index (χ1n) is 9.26. The molecule has 2 heterocycles. The van der Waals surface area contributed by atoms with E-state index in [1.807, 2.05) is 0 Å². The van der Waals surface area contributed by atoms with Crippen molar-refractivity contribution in [2.45, 2.75) is 103 Å². The molecule has 0 aromatic rings. The van der Waals surface area contributed by atoms with Crippen molar-refractivity contribution in [1.82, 2.24) is 5.32 Å². The molecule has 132 valence electrons. The Labute approximate surface area is 140 Å². The summed E-state index contributed by atoms with van der Waals surface area (Å²) in [5, 5.41) is 3.12. The fourth-order valence-corrected chi connectivity index (χ4v) is 3.66. The monoisotopic (exact) mass is 323 g/mol. The number of carbonyl (C=O) groups is 2. The number of Topliss-reactive ketones (excluding diaryl/α,β-unsaturated/α-hetero) is 1. The van der Waals surface area contributed by atoms with Crippen LogP contribution in [-0.2, 0) is 14.3 Å². The zero-order chi connectivity index (χ0) is 17.1. The summed E-state index contributed by atoms with van der Waals surface area (Å²) in [7, 11) is 0. The van der Waals surface area contributed by atoms with Crippen LogP contribution < -0.4 is 5.32 Å². The van der Waals surface area contributed by atoms with E-state index in [4.69, 9.17) is 4.74 Å². The van der Waals surface area contributed by atoms with E-state index >= 15 is 0 Å². The topological polar surface area (TPSA) is 58.7 Å². The maximum Gasteiger partial charge on any atom is 0.220 e. The van der Waals surface area contributed by atoms with E-state index in [0.717, 1.165) is 25.7 Å². The molecule has 0 aliphatic carbocycles. The number of carbonyl (C=O) groups excluding carboxylic acids is 2. The van der Waals surface area contributed by atoms with Gasteiger partial charge in [-0.3, -0.25) is 9.59 Å². The van der Waals surface area contributed by atoms with Crippen molar-refractivity contribution in [1.29, 1.82) is 0 Å². The summed E-state index contributed by atoms with van der Waals surface area (Å²) < 4.78 is 6.06. The molecule has 1 amide bonds. The van der Waals surface area contributed by atoms with E-state index in [0.29, 0.717) is 37.6 Å². The Morgan fingerprint density at radius 2 is 1.61 bits per heavy atom. The molecule has 1 N–H and O–H groups in total. The summed E-state index contributed by atoms with van der Waals surface area (Å²) in [4.78, 5) is 23.9. The van der Waals surface area contributed by atoms with E-state index < -0.39 is 0 Å². The Bertz CT molecular complexity index is 446. The smallest absolute Gasteiger partial charge is 0.220 e. The Morgan fingerprint density at radius 3 is 2.35 bits per heavy atom. The molecule has 0 spiro atoms. The van der Waals surface area contributed by atoms with E-state index in [1.165, 1.54) is 6.42 Å². The molecule has 2 rings (SSSR count). The molecule has 0 radical (unpaired) electrons. The lowest BCUT2D eigenvalue weighted by molar-refractivity contribution is -0.123. The van der Waals surface area contributed by atoms with Gasteiger partial charge in [0.2, 0.25) is 5.91 Å². The molecule has 2 saturated heterocycles. The van der Waals surface area contributed by atoms with Gasteiger partial charge in [0.1, 0.15) is 5.78 Å². The third-order valence-electron chi connectivity index (χ3n) is 6.22. The summed E-state index contributed by atoms with van der Waals surface area (Å²) in [6.45, 7) is 8.62. The van der Waals surface area contributed by atoms with Gasteiger partial charge in [-0.05, 0) is 33.1 Å². The zero-order valence-electron chi connectivity index (χ0n) is 15.2. The van der Waals surface area contributed by atoms with Crippen molar-refractivity contribution in [3.8, 4) is 0 Å². The summed E-state index contributed by atoms with van der Waals surface area (Å²) >= 11 is 0. The van der Waals surface area contributed by atoms with Gasteiger partial charge in [0.15, 0.2) is 0 Å². The maximum atomic E-state index is 12.1. The molecule has 4 nitrogen and oxygen atoms in total. The van der Waals surface area contributed by atoms with Crippen LogP contribution in [-0.4, -0.2) is 29.4 Å². The maximum absolute atomic E-state index is 12.1. The SMILES string of the molecule is CC1NC(=O)CCCC(=O)CCCCCCC2OC2(C)C1(C)C. The van der Waals surface area contributed by atoms with Gasteiger partial charge in [-0.1, -0.05) is 33.1 Å². The summed E-state index contributed by atoms with van der Waals surface area (Å²) in [5.74, 6) is 0.350. The van der Waals surface area contributed by atoms with Crippen LogP contribution in [0.1, 0.15) is 85.5 Å². The number of rotatable bonds is 0. The lowest BCUT2D eigenvalue weighted by Gasteiger charge is -2.36. The van der Waals surface area contributed by atoms with E-state index in [-0.39, 0.29) is 23.0 Å². The second kappa shape index (κ2) is 7.33. The van der Waals surface area contributed by atoms with Gasteiger partial charge >= 0.3 is 0 Å². The molecule has 3 unspecified atom stereocenters. The lowest BCUT2D eigenvalue weighted by atomic mass is 9.71. The quantitative estimate of drug-likeness (QED) is 0.690. The molecule has 4 heteroatoms. The van der Waals surface area contributed by atoms with Crippen molar-refractivity contribution in [2.24, 2.45) is 5.41 Å². The molecule has 2 aliphatic rings. The minimum atomic E-state index is -0.146. The van der Waals surface area contributed by atoms with E-state index in [2.05, 4.69) is 33.0 Å². The van der Waals surface area contributed by atoms with Gasteiger partial charge < -0.3 is 10.1 Å². The third kappa shape index (κ3) is 4.34. The second-order valence-corrected chi connectivity index (χ2v) is 8.07. The van der Waals surface area contributed by atoms with Gasteiger partial charge in [-0.2, -0.15) is 0 Å². The Hall–Kier alpha value is -0.900. The number of ketones is 1. The number of hydrogen-bond acceptors (Lipinski definition) is 3. The van der Waals surface area contributed by atoms with Crippen LogP contribution in [0.3, 0.4) is 0 Å². The van der Waals surface area contributed by atoms with Crippen LogP contribution in [0.25, 0.3) is 0 Å². The van der Waals surface area contributed by atoms with Gasteiger partial charge in [0.25, 0.3) is 0 Å². The van der Waals surface area contributed by atoms with Gasteiger partial charge in [-0.25, -0.2) is 0 Å². The second-order valence-electron chi connectivity index (χ2n) is 8.07. The van der Waals surface area contributed by atoms with Crippen LogP contribution in [0, 0.1) is 5.41 Å². The van der Waals surface area contributed by atoms with Gasteiger partial charge in [-0.15, -0.1) is 0 Å². The minimum absolute atomic E-state index is 0.0475. The first-order valence-corrected chi connectivity index (χ1v) is 9.26. The third-order valence-corrected chi connectivity index (χ3v) is 6.22. The predicted octanol–water partition coefficient (Wildman–Crippen LogP) is 3.77. The molecular weight excluding hydrogens is 290 g/mol.